The molecule has 0 spiro atoms. The van der Waals surface area contributed by atoms with Gasteiger partial charge in [0.05, 0.1) is 12.0 Å². The molecule has 3 aliphatic heterocycles. The minimum absolute atomic E-state index is 0.0537. The monoisotopic (exact) mass is 382 g/mol. The number of ether oxygens (including phenoxy) is 1. The molecule has 0 aromatic rings. The summed E-state index contributed by atoms with van der Waals surface area (Å²) in [5.74, 6) is 2.54. The summed E-state index contributed by atoms with van der Waals surface area (Å²) in [4.78, 5) is 30.1. The fourth-order valence-electron chi connectivity index (χ4n) is 4.27. The lowest BCUT2D eigenvalue weighted by molar-refractivity contribution is -0.147. The SMILES string of the molecule is CC(C)(C)C(=O)N1CCCC(C(=O)N(CC2CCCO2)C2CCSC2)C1. The van der Waals surface area contributed by atoms with Crippen molar-refractivity contribution < 1.29 is 14.3 Å². The minimum Gasteiger partial charge on any atom is -0.376 e. The standard InChI is InChI=1S/C20H34N2O3S/c1-20(2,3)19(24)21-9-4-6-15(12-21)18(23)22(16-8-11-26-14-16)13-17-7-5-10-25-17/h15-17H,4-14H2,1-3H3. The highest BCUT2D eigenvalue weighted by Gasteiger charge is 2.38. The number of nitrogens with zero attached hydrogens (tertiary/aromatic N) is 2. The van der Waals surface area contributed by atoms with Crippen LogP contribution in [0, 0.1) is 11.3 Å². The molecule has 6 heteroatoms. The first kappa shape index (κ1) is 20.0. The van der Waals surface area contributed by atoms with Gasteiger partial charge in [0.25, 0.3) is 0 Å². The molecule has 3 fully saturated rings. The van der Waals surface area contributed by atoms with Crippen LogP contribution in [0.4, 0.5) is 0 Å². The molecule has 3 aliphatic rings. The Bertz CT molecular complexity index is 508. The average molecular weight is 383 g/mol. The van der Waals surface area contributed by atoms with Crippen molar-refractivity contribution in [2.24, 2.45) is 11.3 Å². The molecule has 3 atom stereocenters. The quantitative estimate of drug-likeness (QED) is 0.750. The largest absolute Gasteiger partial charge is 0.376 e. The summed E-state index contributed by atoms with van der Waals surface area (Å²) in [6.45, 7) is 8.79. The van der Waals surface area contributed by atoms with Crippen LogP contribution in [0.15, 0.2) is 0 Å². The summed E-state index contributed by atoms with van der Waals surface area (Å²) < 4.78 is 5.82. The summed E-state index contributed by atoms with van der Waals surface area (Å²) in [5, 5.41) is 0. The molecule has 0 aromatic carbocycles. The third kappa shape index (κ3) is 4.75. The van der Waals surface area contributed by atoms with Crippen molar-refractivity contribution >= 4 is 23.6 Å². The highest BCUT2D eigenvalue weighted by molar-refractivity contribution is 7.99. The highest BCUT2D eigenvalue weighted by Crippen LogP contribution is 2.29. The Morgan fingerprint density at radius 3 is 2.62 bits per heavy atom. The lowest BCUT2D eigenvalue weighted by Crippen LogP contribution is -2.52. The second-order valence-electron chi connectivity index (χ2n) is 8.98. The van der Waals surface area contributed by atoms with Gasteiger partial charge in [-0.3, -0.25) is 9.59 Å². The van der Waals surface area contributed by atoms with Crippen LogP contribution in [-0.4, -0.2) is 71.5 Å². The van der Waals surface area contributed by atoms with Gasteiger partial charge in [0, 0.05) is 43.5 Å². The van der Waals surface area contributed by atoms with Gasteiger partial charge in [-0.2, -0.15) is 11.8 Å². The second-order valence-corrected chi connectivity index (χ2v) is 10.1. The second kappa shape index (κ2) is 8.51. The van der Waals surface area contributed by atoms with Crippen LogP contribution in [0.25, 0.3) is 0 Å². The Labute approximate surface area is 162 Å². The molecule has 26 heavy (non-hydrogen) atoms. The zero-order valence-electron chi connectivity index (χ0n) is 16.5. The lowest BCUT2D eigenvalue weighted by atomic mass is 9.90. The van der Waals surface area contributed by atoms with Crippen molar-refractivity contribution in [3.8, 4) is 0 Å². The molecular formula is C20H34N2O3S. The fraction of sp³-hybridized carbons (Fsp3) is 0.900. The first-order valence-electron chi connectivity index (χ1n) is 10.2. The number of piperidine rings is 1. The molecule has 0 aromatic heterocycles. The smallest absolute Gasteiger partial charge is 0.227 e. The van der Waals surface area contributed by atoms with Gasteiger partial charge in [-0.25, -0.2) is 0 Å². The number of thioether (sulfide) groups is 1. The third-order valence-corrected chi connectivity index (χ3v) is 6.90. The summed E-state index contributed by atoms with van der Waals surface area (Å²) in [6.07, 6.45) is 5.26. The van der Waals surface area contributed by atoms with E-state index in [2.05, 4.69) is 4.90 Å². The number of amides is 2. The lowest BCUT2D eigenvalue weighted by Gasteiger charge is -2.39. The maximum absolute atomic E-state index is 13.4. The number of hydrogen-bond acceptors (Lipinski definition) is 4. The molecule has 5 nitrogen and oxygen atoms in total. The first-order chi connectivity index (χ1) is 12.4. The van der Waals surface area contributed by atoms with Crippen LogP contribution in [0.1, 0.15) is 52.9 Å². The molecule has 0 aliphatic carbocycles. The van der Waals surface area contributed by atoms with E-state index in [1.54, 1.807) is 0 Å². The molecule has 3 rings (SSSR count). The van der Waals surface area contributed by atoms with E-state index in [4.69, 9.17) is 4.74 Å². The summed E-state index contributed by atoms with van der Waals surface area (Å²) >= 11 is 1.94. The molecule has 0 bridgehead atoms. The van der Waals surface area contributed by atoms with Crippen LogP contribution in [0.3, 0.4) is 0 Å². The Morgan fingerprint density at radius 2 is 2.00 bits per heavy atom. The molecule has 2 amide bonds. The zero-order valence-corrected chi connectivity index (χ0v) is 17.4. The van der Waals surface area contributed by atoms with E-state index >= 15 is 0 Å². The van der Waals surface area contributed by atoms with Crippen molar-refractivity contribution in [2.45, 2.75) is 65.0 Å². The minimum atomic E-state index is -0.385. The maximum atomic E-state index is 13.4. The molecule has 148 valence electrons. The number of carbonyl (C=O) groups is 2. The van der Waals surface area contributed by atoms with Crippen molar-refractivity contribution in [3.63, 3.8) is 0 Å². The van der Waals surface area contributed by atoms with E-state index in [0.717, 1.165) is 63.3 Å². The van der Waals surface area contributed by atoms with Gasteiger partial charge >= 0.3 is 0 Å². The van der Waals surface area contributed by atoms with E-state index in [1.807, 2.05) is 37.4 Å². The average Bonchev–Trinajstić information content (AvgIpc) is 3.31. The van der Waals surface area contributed by atoms with E-state index in [-0.39, 0.29) is 29.3 Å². The molecule has 3 heterocycles. The molecule has 3 saturated heterocycles. The van der Waals surface area contributed by atoms with Gasteiger partial charge in [-0.05, 0) is 37.9 Å². The van der Waals surface area contributed by atoms with Crippen molar-refractivity contribution in [1.82, 2.24) is 9.80 Å². The number of likely N-dealkylation sites (tertiary alicyclic amines) is 1. The summed E-state index contributed by atoms with van der Waals surface area (Å²) in [7, 11) is 0. The van der Waals surface area contributed by atoms with Crippen molar-refractivity contribution in [3.05, 3.63) is 0 Å². The Balaban J connectivity index is 1.67. The Hall–Kier alpha value is -0.750. The Morgan fingerprint density at radius 1 is 1.19 bits per heavy atom. The van der Waals surface area contributed by atoms with E-state index in [1.165, 1.54) is 0 Å². The fourth-order valence-corrected chi connectivity index (χ4v) is 5.49. The third-order valence-electron chi connectivity index (χ3n) is 5.75. The normalized spacial score (nSPS) is 29.8. The molecule has 0 radical (unpaired) electrons. The molecular weight excluding hydrogens is 348 g/mol. The molecule has 3 unspecified atom stereocenters. The predicted molar refractivity (Wildman–Crippen MR) is 105 cm³/mol. The Kier molecular flexibility index (Phi) is 6.54. The first-order valence-corrected chi connectivity index (χ1v) is 11.3. The van der Waals surface area contributed by atoms with Crippen LogP contribution < -0.4 is 0 Å². The van der Waals surface area contributed by atoms with Crippen molar-refractivity contribution in [1.29, 1.82) is 0 Å². The topological polar surface area (TPSA) is 49.9 Å². The van der Waals surface area contributed by atoms with Crippen molar-refractivity contribution in [2.75, 3.05) is 37.7 Å². The number of carbonyl (C=O) groups excluding carboxylic acids is 2. The maximum Gasteiger partial charge on any atom is 0.227 e. The van der Waals surface area contributed by atoms with Gasteiger partial charge in [-0.1, -0.05) is 20.8 Å². The van der Waals surface area contributed by atoms with Crippen LogP contribution in [-0.2, 0) is 14.3 Å². The number of hydrogen-bond donors (Lipinski definition) is 0. The molecule has 0 saturated carbocycles. The predicted octanol–water partition coefficient (Wildman–Crippen LogP) is 2.78. The highest BCUT2D eigenvalue weighted by atomic mass is 32.2. The van der Waals surface area contributed by atoms with E-state index in [9.17, 15) is 9.59 Å². The van der Waals surface area contributed by atoms with Gasteiger partial charge in [0.15, 0.2) is 0 Å². The van der Waals surface area contributed by atoms with Gasteiger partial charge in [0.2, 0.25) is 11.8 Å². The van der Waals surface area contributed by atoms with Gasteiger partial charge in [0.1, 0.15) is 0 Å². The zero-order chi connectivity index (χ0) is 18.7. The van der Waals surface area contributed by atoms with Crippen LogP contribution in [0.2, 0.25) is 0 Å². The van der Waals surface area contributed by atoms with Gasteiger partial charge < -0.3 is 14.5 Å². The van der Waals surface area contributed by atoms with E-state index in [0.29, 0.717) is 12.6 Å². The molecule has 0 N–H and O–H groups in total. The summed E-state index contributed by atoms with van der Waals surface area (Å²) in [6, 6.07) is 0.338. The van der Waals surface area contributed by atoms with E-state index < -0.39 is 0 Å². The van der Waals surface area contributed by atoms with Crippen LogP contribution in [0.5, 0.6) is 0 Å². The number of rotatable bonds is 4. The summed E-state index contributed by atoms with van der Waals surface area (Å²) in [5.41, 5.74) is -0.385. The van der Waals surface area contributed by atoms with Gasteiger partial charge in [-0.15, -0.1) is 0 Å². The van der Waals surface area contributed by atoms with Crippen LogP contribution >= 0.6 is 11.8 Å².